The third-order valence-corrected chi connectivity index (χ3v) is 3.29. The van der Waals surface area contributed by atoms with E-state index in [4.69, 9.17) is 0 Å². The zero-order chi connectivity index (χ0) is 12.4. The van der Waals surface area contributed by atoms with Crippen LogP contribution >= 0.6 is 0 Å². The normalized spacial score (nSPS) is 23.4. The molecule has 0 aromatic heterocycles. The Hall–Kier alpha value is -0.860. The van der Waals surface area contributed by atoms with Crippen LogP contribution in [0.1, 0.15) is 44.9 Å². The van der Waals surface area contributed by atoms with E-state index in [2.05, 4.69) is 62.6 Å². The van der Waals surface area contributed by atoms with Gasteiger partial charge in [0, 0.05) is 24.2 Å². The molecule has 0 radical (unpaired) electrons. The van der Waals surface area contributed by atoms with Gasteiger partial charge in [0.05, 0.1) is 0 Å². The Bertz CT molecular complexity index is 371. The Kier molecular flexibility index (Phi) is 3.85. The molecule has 17 heavy (non-hydrogen) atoms. The molecule has 2 atom stereocenters. The van der Waals surface area contributed by atoms with E-state index in [1.807, 2.05) is 0 Å². The quantitative estimate of drug-likeness (QED) is 0.834. The fourth-order valence-electron chi connectivity index (χ4n) is 2.74. The minimum atomic E-state index is 0.452. The molecule has 2 rings (SSSR count). The van der Waals surface area contributed by atoms with Crippen LogP contribution in [0.4, 0.5) is 0 Å². The first-order chi connectivity index (χ1) is 8.08. The molecular weight excluding hydrogens is 208 g/mol. The second-order valence-corrected chi connectivity index (χ2v) is 5.63. The van der Waals surface area contributed by atoms with Gasteiger partial charge in [-0.1, -0.05) is 52.0 Å². The van der Waals surface area contributed by atoms with Crippen LogP contribution < -0.4 is 10.6 Å². The van der Waals surface area contributed by atoms with Crippen molar-refractivity contribution in [3.63, 3.8) is 0 Å². The summed E-state index contributed by atoms with van der Waals surface area (Å²) in [5.41, 5.74) is 2.96. The van der Waals surface area contributed by atoms with Gasteiger partial charge in [-0.25, -0.2) is 0 Å². The van der Waals surface area contributed by atoms with Crippen LogP contribution in [0.3, 0.4) is 0 Å². The van der Waals surface area contributed by atoms with Gasteiger partial charge in [-0.05, 0) is 17.5 Å². The molecule has 1 aliphatic rings. The maximum absolute atomic E-state index is 3.69. The first-order valence-corrected chi connectivity index (χ1v) is 6.68. The Morgan fingerprint density at radius 2 is 1.65 bits per heavy atom. The maximum Gasteiger partial charge on any atom is 0.0483 e. The molecule has 2 nitrogen and oxygen atoms in total. The Morgan fingerprint density at radius 1 is 1.00 bits per heavy atom. The topological polar surface area (TPSA) is 24.1 Å². The summed E-state index contributed by atoms with van der Waals surface area (Å²) in [4.78, 5) is 0. The Labute approximate surface area is 105 Å². The zero-order valence-corrected chi connectivity index (χ0v) is 11.3. The van der Waals surface area contributed by atoms with E-state index in [-0.39, 0.29) is 0 Å². The summed E-state index contributed by atoms with van der Waals surface area (Å²) in [7, 11) is 0. The highest BCUT2D eigenvalue weighted by Crippen LogP contribution is 2.31. The molecular formula is C15H24N2. The number of hydrogen-bond acceptors (Lipinski definition) is 2. The molecule has 0 saturated carbocycles. The molecule has 0 saturated heterocycles. The van der Waals surface area contributed by atoms with Gasteiger partial charge in [0.2, 0.25) is 0 Å². The van der Waals surface area contributed by atoms with Crippen molar-refractivity contribution in [1.29, 1.82) is 0 Å². The van der Waals surface area contributed by atoms with Crippen molar-refractivity contribution in [3.05, 3.63) is 35.4 Å². The molecule has 0 amide bonds. The van der Waals surface area contributed by atoms with E-state index in [1.165, 1.54) is 11.1 Å². The third-order valence-electron chi connectivity index (χ3n) is 3.29. The van der Waals surface area contributed by atoms with Gasteiger partial charge in [-0.2, -0.15) is 0 Å². The van der Waals surface area contributed by atoms with Crippen LogP contribution in [0.2, 0.25) is 0 Å². The summed E-state index contributed by atoms with van der Waals surface area (Å²) in [5.74, 6) is 0. The first-order valence-electron chi connectivity index (χ1n) is 6.68. The first kappa shape index (κ1) is 12.6. The average Bonchev–Trinajstić information content (AvgIpc) is 2.55. The lowest BCUT2D eigenvalue weighted by atomic mass is 10.1. The summed E-state index contributed by atoms with van der Waals surface area (Å²) in [6, 6.07) is 10.8. The van der Waals surface area contributed by atoms with Gasteiger partial charge in [0.1, 0.15) is 0 Å². The number of nitrogens with one attached hydrogen (secondary N) is 2. The maximum atomic E-state index is 3.69. The van der Waals surface area contributed by atoms with Crippen LogP contribution in [0.25, 0.3) is 0 Å². The number of fused-ring (bicyclic) bond motifs is 1. The minimum Gasteiger partial charge on any atom is -0.310 e. The van der Waals surface area contributed by atoms with Crippen molar-refractivity contribution in [1.82, 2.24) is 10.6 Å². The molecule has 0 bridgehead atoms. The van der Waals surface area contributed by atoms with E-state index in [0.29, 0.717) is 24.2 Å². The zero-order valence-electron chi connectivity index (χ0n) is 11.3. The highest BCUT2D eigenvalue weighted by atomic mass is 15.1. The molecule has 1 aromatic rings. The number of benzene rings is 1. The van der Waals surface area contributed by atoms with Crippen LogP contribution in [-0.2, 0) is 6.42 Å². The number of rotatable bonds is 4. The van der Waals surface area contributed by atoms with E-state index in [1.54, 1.807) is 0 Å². The Balaban J connectivity index is 2.20. The van der Waals surface area contributed by atoms with Gasteiger partial charge in [-0.3, -0.25) is 0 Å². The molecule has 2 heteroatoms. The highest BCUT2D eigenvalue weighted by molar-refractivity contribution is 5.37. The highest BCUT2D eigenvalue weighted by Gasteiger charge is 2.32. The monoisotopic (exact) mass is 232 g/mol. The van der Waals surface area contributed by atoms with E-state index in [9.17, 15) is 0 Å². The summed E-state index contributed by atoms with van der Waals surface area (Å²) in [6.07, 6.45) is 1.14. The summed E-state index contributed by atoms with van der Waals surface area (Å²) >= 11 is 0. The summed E-state index contributed by atoms with van der Waals surface area (Å²) < 4.78 is 0. The third kappa shape index (κ3) is 2.88. The summed E-state index contributed by atoms with van der Waals surface area (Å²) in [5, 5.41) is 7.37. The van der Waals surface area contributed by atoms with Crippen LogP contribution in [0, 0.1) is 0 Å². The lowest BCUT2D eigenvalue weighted by molar-refractivity contribution is 0.356. The lowest BCUT2D eigenvalue weighted by Gasteiger charge is -2.26. The second-order valence-electron chi connectivity index (χ2n) is 5.63. The van der Waals surface area contributed by atoms with Crippen LogP contribution in [0.5, 0.6) is 0 Å². The minimum absolute atomic E-state index is 0.452. The van der Waals surface area contributed by atoms with Crippen molar-refractivity contribution in [3.8, 4) is 0 Å². The van der Waals surface area contributed by atoms with E-state index < -0.39 is 0 Å². The molecule has 2 N–H and O–H groups in total. The van der Waals surface area contributed by atoms with E-state index >= 15 is 0 Å². The molecule has 0 unspecified atom stereocenters. The van der Waals surface area contributed by atoms with Gasteiger partial charge in [-0.15, -0.1) is 0 Å². The van der Waals surface area contributed by atoms with Gasteiger partial charge in [0.15, 0.2) is 0 Å². The SMILES string of the molecule is CC(C)N[C@@H]1c2ccccc2C[C@H]1NC(C)C. The van der Waals surface area contributed by atoms with Crippen molar-refractivity contribution in [2.45, 2.75) is 58.3 Å². The molecule has 0 aliphatic heterocycles. The standard InChI is InChI=1S/C15H24N2/c1-10(2)16-14-9-12-7-5-6-8-13(12)15(14)17-11(3)4/h5-8,10-11,14-17H,9H2,1-4H3/t14-,15-/m1/s1. The predicted octanol–water partition coefficient (Wildman–Crippen LogP) is 2.65. The number of hydrogen-bond donors (Lipinski definition) is 2. The van der Waals surface area contributed by atoms with Crippen molar-refractivity contribution < 1.29 is 0 Å². The largest absolute Gasteiger partial charge is 0.310 e. The fraction of sp³-hybridized carbons (Fsp3) is 0.600. The molecule has 94 valence electrons. The molecule has 0 heterocycles. The fourth-order valence-corrected chi connectivity index (χ4v) is 2.74. The molecule has 0 fully saturated rings. The average molecular weight is 232 g/mol. The smallest absolute Gasteiger partial charge is 0.0483 e. The predicted molar refractivity (Wildman–Crippen MR) is 73.2 cm³/mol. The van der Waals surface area contributed by atoms with Crippen molar-refractivity contribution >= 4 is 0 Å². The molecule has 1 aliphatic carbocycles. The van der Waals surface area contributed by atoms with Crippen molar-refractivity contribution in [2.24, 2.45) is 0 Å². The Morgan fingerprint density at radius 3 is 2.29 bits per heavy atom. The lowest BCUT2D eigenvalue weighted by Crippen LogP contribution is -2.44. The molecule has 0 spiro atoms. The van der Waals surface area contributed by atoms with Crippen LogP contribution in [-0.4, -0.2) is 18.1 Å². The summed E-state index contributed by atoms with van der Waals surface area (Å²) in [6.45, 7) is 8.87. The van der Waals surface area contributed by atoms with Crippen molar-refractivity contribution in [2.75, 3.05) is 0 Å². The van der Waals surface area contributed by atoms with Crippen LogP contribution in [0.15, 0.2) is 24.3 Å². The van der Waals surface area contributed by atoms with E-state index in [0.717, 1.165) is 6.42 Å². The second kappa shape index (κ2) is 5.19. The molecule has 1 aromatic carbocycles. The van der Waals surface area contributed by atoms with Gasteiger partial charge < -0.3 is 10.6 Å². The van der Waals surface area contributed by atoms with Gasteiger partial charge >= 0.3 is 0 Å². The van der Waals surface area contributed by atoms with Gasteiger partial charge in [0.25, 0.3) is 0 Å².